The second-order valence-corrected chi connectivity index (χ2v) is 5.60. The van der Waals surface area contributed by atoms with Crippen molar-refractivity contribution in [3.63, 3.8) is 0 Å². The second kappa shape index (κ2) is 4.50. The minimum absolute atomic E-state index is 0.364. The van der Waals surface area contributed by atoms with Crippen LogP contribution in [-0.4, -0.2) is 12.7 Å². The highest BCUT2D eigenvalue weighted by molar-refractivity contribution is 5.49. The van der Waals surface area contributed by atoms with Crippen molar-refractivity contribution in [3.05, 3.63) is 70.8 Å². The molecule has 0 saturated carbocycles. The van der Waals surface area contributed by atoms with Gasteiger partial charge in [-0.15, -0.1) is 0 Å². The summed E-state index contributed by atoms with van der Waals surface area (Å²) in [5, 5.41) is 0. The fourth-order valence-electron chi connectivity index (χ4n) is 3.64. The first-order valence-electron chi connectivity index (χ1n) is 7.21. The Balaban J connectivity index is 1.87. The average Bonchev–Trinajstić information content (AvgIpc) is 2.98. The summed E-state index contributed by atoms with van der Waals surface area (Å²) in [5.74, 6) is 0.434. The van der Waals surface area contributed by atoms with E-state index in [9.17, 15) is 0 Å². The third-order valence-electron chi connectivity index (χ3n) is 4.50. The van der Waals surface area contributed by atoms with Crippen molar-refractivity contribution in [1.29, 1.82) is 0 Å². The lowest BCUT2D eigenvalue weighted by Crippen LogP contribution is -2.24. The minimum Gasteiger partial charge on any atom is -0.377 e. The molecular formula is C18H18O. The van der Waals surface area contributed by atoms with Gasteiger partial charge in [-0.3, -0.25) is 0 Å². The fraction of sp³-hybridized carbons (Fsp3) is 0.333. The summed E-state index contributed by atoms with van der Waals surface area (Å²) in [6.07, 6.45) is 3.82. The van der Waals surface area contributed by atoms with Gasteiger partial charge in [-0.05, 0) is 41.5 Å². The predicted octanol–water partition coefficient (Wildman–Crippen LogP) is 3.90. The van der Waals surface area contributed by atoms with Crippen LogP contribution in [0.15, 0.2) is 48.5 Å². The number of hydrogen-bond donors (Lipinski definition) is 0. The van der Waals surface area contributed by atoms with Crippen molar-refractivity contribution in [1.82, 2.24) is 0 Å². The quantitative estimate of drug-likeness (QED) is 0.746. The van der Waals surface area contributed by atoms with Gasteiger partial charge < -0.3 is 4.74 Å². The highest BCUT2D eigenvalue weighted by Gasteiger charge is 2.33. The van der Waals surface area contributed by atoms with E-state index >= 15 is 0 Å². The minimum atomic E-state index is 0.364. The van der Waals surface area contributed by atoms with Crippen molar-refractivity contribution in [2.75, 3.05) is 6.61 Å². The van der Waals surface area contributed by atoms with Gasteiger partial charge in [0.2, 0.25) is 0 Å². The Kier molecular flexibility index (Phi) is 2.66. The summed E-state index contributed by atoms with van der Waals surface area (Å²) in [5.41, 5.74) is 5.91. The third-order valence-corrected chi connectivity index (χ3v) is 4.50. The van der Waals surface area contributed by atoms with Gasteiger partial charge in [0.1, 0.15) is 0 Å². The molecule has 19 heavy (non-hydrogen) atoms. The lowest BCUT2D eigenvalue weighted by atomic mass is 9.75. The standard InChI is InChI=1S/C18H18O/c1-3-8-15-13(6-1)12-14-7-2-4-9-16(14)18(15)17-10-5-11-19-17/h1-4,6-9,17-18H,5,10-12H2. The topological polar surface area (TPSA) is 9.23 Å². The smallest absolute Gasteiger partial charge is 0.0685 e. The first-order valence-corrected chi connectivity index (χ1v) is 7.21. The van der Waals surface area contributed by atoms with Gasteiger partial charge in [0, 0.05) is 12.5 Å². The largest absolute Gasteiger partial charge is 0.377 e. The molecule has 0 amide bonds. The van der Waals surface area contributed by atoms with E-state index in [1.807, 2.05) is 0 Å². The fourth-order valence-corrected chi connectivity index (χ4v) is 3.64. The maximum atomic E-state index is 6.01. The number of hydrogen-bond acceptors (Lipinski definition) is 1. The zero-order chi connectivity index (χ0) is 12.7. The van der Waals surface area contributed by atoms with Gasteiger partial charge in [-0.1, -0.05) is 48.5 Å². The van der Waals surface area contributed by atoms with E-state index in [1.165, 1.54) is 35.1 Å². The first-order chi connectivity index (χ1) is 9.43. The molecule has 1 saturated heterocycles. The maximum absolute atomic E-state index is 6.01. The van der Waals surface area contributed by atoms with Crippen LogP contribution in [0.25, 0.3) is 0 Å². The maximum Gasteiger partial charge on any atom is 0.0685 e. The Hall–Kier alpha value is -1.60. The van der Waals surface area contributed by atoms with Crippen LogP contribution in [0.2, 0.25) is 0 Å². The van der Waals surface area contributed by atoms with Crippen molar-refractivity contribution in [3.8, 4) is 0 Å². The SMILES string of the molecule is c1ccc2c(c1)Cc1ccccc1C2C1CCCO1. The summed E-state index contributed by atoms with van der Waals surface area (Å²) in [4.78, 5) is 0. The van der Waals surface area contributed by atoms with Gasteiger partial charge in [0.15, 0.2) is 0 Å². The van der Waals surface area contributed by atoms with Crippen LogP contribution in [0.1, 0.15) is 41.0 Å². The van der Waals surface area contributed by atoms with Crippen LogP contribution < -0.4 is 0 Å². The average molecular weight is 250 g/mol. The molecule has 0 N–H and O–H groups in total. The van der Waals surface area contributed by atoms with Gasteiger partial charge in [-0.25, -0.2) is 0 Å². The zero-order valence-corrected chi connectivity index (χ0v) is 11.0. The van der Waals surface area contributed by atoms with Crippen LogP contribution in [-0.2, 0) is 11.2 Å². The van der Waals surface area contributed by atoms with E-state index in [0.717, 1.165) is 13.0 Å². The van der Waals surface area contributed by atoms with E-state index in [2.05, 4.69) is 48.5 Å². The molecule has 1 atom stereocenters. The molecule has 1 heteroatoms. The lowest BCUT2D eigenvalue weighted by Gasteiger charge is -2.32. The Bertz CT molecular complexity index is 551. The van der Waals surface area contributed by atoms with Gasteiger partial charge in [0.05, 0.1) is 6.10 Å². The van der Waals surface area contributed by atoms with Crippen LogP contribution in [0, 0.1) is 0 Å². The van der Waals surface area contributed by atoms with Crippen LogP contribution >= 0.6 is 0 Å². The van der Waals surface area contributed by atoms with Crippen molar-refractivity contribution in [2.24, 2.45) is 0 Å². The molecule has 1 aliphatic heterocycles. The summed E-state index contributed by atoms with van der Waals surface area (Å²) >= 11 is 0. The molecule has 1 nitrogen and oxygen atoms in total. The number of rotatable bonds is 1. The Morgan fingerprint density at radius 3 is 2.05 bits per heavy atom. The van der Waals surface area contributed by atoms with Crippen LogP contribution in [0.3, 0.4) is 0 Å². The molecule has 0 spiro atoms. The van der Waals surface area contributed by atoms with E-state index in [-0.39, 0.29) is 0 Å². The Morgan fingerprint density at radius 1 is 0.842 bits per heavy atom. The van der Waals surface area contributed by atoms with Crippen molar-refractivity contribution >= 4 is 0 Å². The summed E-state index contributed by atoms with van der Waals surface area (Å²) in [6.45, 7) is 0.922. The Morgan fingerprint density at radius 2 is 1.47 bits per heavy atom. The second-order valence-electron chi connectivity index (χ2n) is 5.60. The molecule has 1 unspecified atom stereocenters. The van der Waals surface area contributed by atoms with Crippen molar-refractivity contribution < 1.29 is 4.74 Å². The Labute approximate surface area is 114 Å². The summed E-state index contributed by atoms with van der Waals surface area (Å²) in [6, 6.07) is 17.7. The highest BCUT2D eigenvalue weighted by Crippen LogP contribution is 2.41. The molecule has 0 aromatic heterocycles. The van der Waals surface area contributed by atoms with Crippen LogP contribution in [0.5, 0.6) is 0 Å². The molecule has 0 radical (unpaired) electrons. The molecule has 1 aliphatic carbocycles. The van der Waals surface area contributed by atoms with Crippen LogP contribution in [0.4, 0.5) is 0 Å². The number of benzene rings is 2. The van der Waals surface area contributed by atoms with Gasteiger partial charge in [-0.2, -0.15) is 0 Å². The number of ether oxygens (including phenoxy) is 1. The highest BCUT2D eigenvalue weighted by atomic mass is 16.5. The molecule has 4 rings (SSSR count). The summed E-state index contributed by atoms with van der Waals surface area (Å²) in [7, 11) is 0. The van der Waals surface area contributed by atoms with Gasteiger partial charge in [0.25, 0.3) is 0 Å². The molecule has 2 aliphatic rings. The molecule has 1 heterocycles. The predicted molar refractivity (Wildman–Crippen MR) is 76.5 cm³/mol. The zero-order valence-electron chi connectivity index (χ0n) is 11.0. The van der Waals surface area contributed by atoms with E-state index < -0.39 is 0 Å². The molecule has 1 fully saturated rings. The first kappa shape index (κ1) is 11.2. The third kappa shape index (κ3) is 1.81. The molecule has 2 aromatic carbocycles. The molecular weight excluding hydrogens is 232 g/mol. The molecule has 2 aromatic rings. The molecule has 0 bridgehead atoms. The number of fused-ring (bicyclic) bond motifs is 2. The normalized spacial score (nSPS) is 22.0. The summed E-state index contributed by atoms with van der Waals surface area (Å²) < 4.78 is 6.01. The lowest BCUT2D eigenvalue weighted by molar-refractivity contribution is 0.0973. The molecule has 96 valence electrons. The van der Waals surface area contributed by atoms with Crippen molar-refractivity contribution in [2.45, 2.75) is 31.3 Å². The monoisotopic (exact) mass is 250 g/mol. The van der Waals surface area contributed by atoms with E-state index in [0.29, 0.717) is 12.0 Å². The van der Waals surface area contributed by atoms with Gasteiger partial charge >= 0.3 is 0 Å². The van der Waals surface area contributed by atoms with E-state index in [1.54, 1.807) is 0 Å². The van der Waals surface area contributed by atoms with E-state index in [4.69, 9.17) is 4.74 Å².